The molecule has 0 aliphatic carbocycles. The maximum Gasteiger partial charge on any atom is 0.273 e. The Morgan fingerprint density at radius 3 is 2.97 bits per heavy atom. The van der Waals surface area contributed by atoms with E-state index >= 15 is 0 Å². The number of hydrogen-bond donors (Lipinski definition) is 1. The first kappa shape index (κ1) is 19.5. The summed E-state index contributed by atoms with van der Waals surface area (Å²) in [6.45, 7) is 6.99. The van der Waals surface area contributed by atoms with Gasteiger partial charge in [0, 0.05) is 30.7 Å². The summed E-state index contributed by atoms with van der Waals surface area (Å²) in [6.07, 6.45) is 6.58. The maximum absolute atomic E-state index is 12.6. The Balaban J connectivity index is 1.41. The number of rotatable bonds is 6. The van der Waals surface area contributed by atoms with E-state index in [0.29, 0.717) is 24.0 Å². The van der Waals surface area contributed by atoms with E-state index in [1.807, 2.05) is 37.3 Å². The molecular weight excluding hydrogens is 364 g/mol. The van der Waals surface area contributed by atoms with Gasteiger partial charge in [-0.25, -0.2) is 4.68 Å². The number of aromatic nitrogens is 4. The van der Waals surface area contributed by atoms with E-state index in [-0.39, 0.29) is 5.91 Å². The normalized spacial score (nSPS) is 17.5. The lowest BCUT2D eigenvalue weighted by atomic mass is 10.0. The molecule has 3 aromatic rings. The molecule has 7 heteroatoms. The van der Waals surface area contributed by atoms with Crippen molar-refractivity contribution in [3.63, 3.8) is 0 Å². The number of carbonyl (C=O) groups is 1. The van der Waals surface area contributed by atoms with Crippen LogP contribution in [-0.2, 0) is 0 Å². The lowest BCUT2D eigenvalue weighted by Crippen LogP contribution is -2.39. The zero-order valence-corrected chi connectivity index (χ0v) is 17.1. The second-order valence-electron chi connectivity index (χ2n) is 7.78. The highest BCUT2D eigenvalue weighted by atomic mass is 16.2. The van der Waals surface area contributed by atoms with E-state index in [0.717, 1.165) is 29.6 Å². The molecule has 152 valence electrons. The third-order valence-corrected chi connectivity index (χ3v) is 5.80. The summed E-state index contributed by atoms with van der Waals surface area (Å²) in [4.78, 5) is 19.6. The number of amides is 1. The van der Waals surface area contributed by atoms with Crippen molar-refractivity contribution < 1.29 is 4.79 Å². The van der Waals surface area contributed by atoms with Crippen molar-refractivity contribution in [3.8, 4) is 5.69 Å². The van der Waals surface area contributed by atoms with Crippen LogP contribution in [0.15, 0.2) is 36.5 Å². The highest BCUT2D eigenvalue weighted by Crippen LogP contribution is 2.21. The minimum absolute atomic E-state index is 0.173. The van der Waals surface area contributed by atoms with Crippen LogP contribution in [0.3, 0.4) is 0 Å². The molecule has 1 fully saturated rings. The number of para-hydroxylation sites is 1. The number of piperidine rings is 1. The number of pyridine rings is 1. The number of nitrogens with one attached hydrogen (secondary N) is 1. The maximum atomic E-state index is 12.6. The molecule has 1 aliphatic heterocycles. The van der Waals surface area contributed by atoms with Gasteiger partial charge in [0.15, 0.2) is 5.69 Å². The quantitative estimate of drug-likeness (QED) is 0.653. The summed E-state index contributed by atoms with van der Waals surface area (Å²) in [7, 11) is 0. The molecule has 1 aliphatic rings. The summed E-state index contributed by atoms with van der Waals surface area (Å²) < 4.78 is 1.69. The van der Waals surface area contributed by atoms with Crippen LogP contribution in [0.1, 0.15) is 48.8 Å². The molecule has 1 saturated heterocycles. The van der Waals surface area contributed by atoms with Gasteiger partial charge in [-0.05, 0) is 51.8 Å². The molecule has 0 unspecified atom stereocenters. The minimum Gasteiger partial charge on any atom is -0.351 e. The second kappa shape index (κ2) is 8.69. The lowest BCUT2D eigenvalue weighted by Gasteiger charge is -2.33. The molecule has 1 N–H and O–H groups in total. The van der Waals surface area contributed by atoms with Crippen molar-refractivity contribution in [1.82, 2.24) is 30.2 Å². The Morgan fingerprint density at radius 2 is 2.10 bits per heavy atom. The van der Waals surface area contributed by atoms with Crippen molar-refractivity contribution in [1.29, 1.82) is 0 Å². The van der Waals surface area contributed by atoms with Gasteiger partial charge < -0.3 is 10.2 Å². The number of hydrogen-bond acceptors (Lipinski definition) is 5. The molecule has 0 radical (unpaired) electrons. The Hall–Kier alpha value is -2.80. The van der Waals surface area contributed by atoms with Crippen molar-refractivity contribution in [2.45, 2.75) is 45.6 Å². The number of nitrogens with zero attached hydrogens (tertiary/aromatic N) is 5. The van der Waals surface area contributed by atoms with Gasteiger partial charge in [-0.3, -0.25) is 9.78 Å². The van der Waals surface area contributed by atoms with Crippen LogP contribution < -0.4 is 5.32 Å². The monoisotopic (exact) mass is 392 g/mol. The lowest BCUT2D eigenvalue weighted by molar-refractivity contribution is 0.0943. The molecule has 2 aromatic heterocycles. The van der Waals surface area contributed by atoms with E-state index < -0.39 is 0 Å². The fourth-order valence-corrected chi connectivity index (χ4v) is 4.08. The Bertz CT molecular complexity index is 993. The summed E-state index contributed by atoms with van der Waals surface area (Å²) in [5.74, 6) is -0.173. The third kappa shape index (κ3) is 4.15. The number of fused-ring (bicyclic) bond motifs is 1. The summed E-state index contributed by atoms with van der Waals surface area (Å²) >= 11 is 0. The van der Waals surface area contributed by atoms with Gasteiger partial charge in [0.25, 0.3) is 5.91 Å². The molecule has 4 rings (SSSR count). The first-order valence-electron chi connectivity index (χ1n) is 10.4. The van der Waals surface area contributed by atoms with Gasteiger partial charge in [-0.15, -0.1) is 5.10 Å². The Labute approximate surface area is 171 Å². The van der Waals surface area contributed by atoms with Crippen LogP contribution in [0.4, 0.5) is 0 Å². The number of carbonyl (C=O) groups excluding carboxylic acids is 1. The second-order valence-corrected chi connectivity index (χ2v) is 7.78. The zero-order valence-electron chi connectivity index (χ0n) is 17.1. The Kier molecular flexibility index (Phi) is 5.85. The van der Waals surface area contributed by atoms with Crippen LogP contribution in [0, 0.1) is 6.92 Å². The molecule has 3 heterocycles. The van der Waals surface area contributed by atoms with E-state index in [2.05, 4.69) is 32.4 Å². The molecule has 1 atom stereocenters. The molecular formula is C22H28N6O. The van der Waals surface area contributed by atoms with Crippen LogP contribution in [0.5, 0.6) is 0 Å². The average molecular weight is 393 g/mol. The summed E-state index contributed by atoms with van der Waals surface area (Å²) in [5.41, 5.74) is 2.74. The van der Waals surface area contributed by atoms with Crippen LogP contribution in [0.25, 0.3) is 16.6 Å². The van der Waals surface area contributed by atoms with Gasteiger partial charge in [0.05, 0.1) is 16.9 Å². The first-order chi connectivity index (χ1) is 14.1. The van der Waals surface area contributed by atoms with Crippen molar-refractivity contribution in [2.24, 2.45) is 0 Å². The molecule has 7 nitrogen and oxygen atoms in total. The van der Waals surface area contributed by atoms with E-state index in [1.54, 1.807) is 10.9 Å². The fourth-order valence-electron chi connectivity index (χ4n) is 4.08. The van der Waals surface area contributed by atoms with Crippen molar-refractivity contribution >= 4 is 16.8 Å². The zero-order chi connectivity index (χ0) is 20.2. The fraction of sp³-hybridized carbons (Fsp3) is 0.455. The summed E-state index contributed by atoms with van der Waals surface area (Å²) in [6, 6.07) is 10.5. The molecule has 1 aromatic carbocycles. The van der Waals surface area contributed by atoms with Crippen LogP contribution >= 0.6 is 0 Å². The van der Waals surface area contributed by atoms with Gasteiger partial charge >= 0.3 is 0 Å². The first-order valence-corrected chi connectivity index (χ1v) is 10.4. The number of benzene rings is 1. The van der Waals surface area contributed by atoms with E-state index in [4.69, 9.17) is 0 Å². The van der Waals surface area contributed by atoms with Gasteiger partial charge in [-0.1, -0.05) is 29.8 Å². The molecule has 0 saturated carbocycles. The largest absolute Gasteiger partial charge is 0.351 e. The summed E-state index contributed by atoms with van der Waals surface area (Å²) in [5, 5.41) is 12.4. The standard InChI is InChI=1S/C22H28N6O/c1-16-8-3-4-14-27(16)15-7-13-24-22(29)20-17(2)28(26-25-20)19-11-5-9-18-10-6-12-23-21(18)19/h5-6,9-12,16H,3-4,7-8,13-15H2,1-2H3,(H,24,29)/t16-/m1/s1. The van der Waals surface area contributed by atoms with Gasteiger partial charge in [-0.2, -0.15) is 0 Å². The third-order valence-electron chi connectivity index (χ3n) is 5.80. The molecule has 0 spiro atoms. The van der Waals surface area contributed by atoms with Crippen molar-refractivity contribution in [3.05, 3.63) is 47.9 Å². The van der Waals surface area contributed by atoms with E-state index in [1.165, 1.54) is 25.8 Å². The smallest absolute Gasteiger partial charge is 0.273 e. The predicted octanol–water partition coefficient (Wildman–Crippen LogP) is 3.12. The topological polar surface area (TPSA) is 75.9 Å². The van der Waals surface area contributed by atoms with Gasteiger partial charge in [0.2, 0.25) is 0 Å². The van der Waals surface area contributed by atoms with E-state index in [9.17, 15) is 4.79 Å². The highest BCUT2D eigenvalue weighted by molar-refractivity contribution is 5.93. The van der Waals surface area contributed by atoms with Gasteiger partial charge in [0.1, 0.15) is 0 Å². The molecule has 0 bridgehead atoms. The molecule has 1 amide bonds. The Morgan fingerprint density at radius 1 is 1.24 bits per heavy atom. The highest BCUT2D eigenvalue weighted by Gasteiger charge is 2.20. The van der Waals surface area contributed by atoms with Crippen LogP contribution in [0.2, 0.25) is 0 Å². The predicted molar refractivity (Wildman–Crippen MR) is 113 cm³/mol. The van der Waals surface area contributed by atoms with Crippen LogP contribution in [-0.4, -0.2) is 56.5 Å². The average Bonchev–Trinajstić information content (AvgIpc) is 3.13. The number of likely N-dealkylation sites (tertiary alicyclic amines) is 1. The minimum atomic E-state index is -0.173. The molecule has 29 heavy (non-hydrogen) atoms. The van der Waals surface area contributed by atoms with Crippen molar-refractivity contribution in [2.75, 3.05) is 19.6 Å². The SMILES string of the molecule is Cc1c(C(=O)NCCCN2CCCC[C@H]2C)nnn1-c1cccc2cccnc12.